The van der Waals surface area contributed by atoms with E-state index in [0.29, 0.717) is 18.3 Å². The molecule has 2 fully saturated rings. The number of halogens is 1. The number of pyridine rings is 1. The molecule has 2 amide bonds. The van der Waals surface area contributed by atoms with Gasteiger partial charge in [-0.3, -0.25) is 20.0 Å². The van der Waals surface area contributed by atoms with E-state index >= 15 is 0 Å². The highest BCUT2D eigenvalue weighted by molar-refractivity contribution is 5.91. The van der Waals surface area contributed by atoms with Gasteiger partial charge in [0.05, 0.1) is 0 Å². The zero-order chi connectivity index (χ0) is 16.1. The lowest BCUT2D eigenvalue weighted by atomic mass is 9.89. The van der Waals surface area contributed by atoms with E-state index in [-0.39, 0.29) is 42.6 Å². The molecular formula is C15H23ClN6O2. The first-order valence-corrected chi connectivity index (χ1v) is 7.93. The molecule has 1 aromatic rings. The molecule has 0 radical (unpaired) electrons. The van der Waals surface area contributed by atoms with Crippen LogP contribution in [0.15, 0.2) is 24.5 Å². The standard InChI is InChI=1S/C15H22N6O2.ClH/c22-13(19-10-1-5-16-6-2-10)4-8-18-15(23)14-11-9-17-7-3-12(11)20-21-14;/h1-2,5-6,11-12,14,17,20-21H,3-4,7-9H2,(H,18,23)(H,16,19,22);1H. The van der Waals surface area contributed by atoms with Gasteiger partial charge in [-0.25, -0.2) is 5.43 Å². The van der Waals surface area contributed by atoms with Crippen LogP contribution in [-0.4, -0.2) is 48.5 Å². The number of rotatable bonds is 5. The van der Waals surface area contributed by atoms with Crippen LogP contribution in [0, 0.1) is 5.92 Å². The summed E-state index contributed by atoms with van der Waals surface area (Å²) in [5, 5.41) is 8.91. The first-order valence-electron chi connectivity index (χ1n) is 7.93. The Morgan fingerprint density at radius 1 is 1.25 bits per heavy atom. The van der Waals surface area contributed by atoms with Crippen molar-refractivity contribution in [3.63, 3.8) is 0 Å². The van der Waals surface area contributed by atoms with E-state index in [4.69, 9.17) is 0 Å². The molecule has 0 bridgehead atoms. The van der Waals surface area contributed by atoms with Gasteiger partial charge in [0.2, 0.25) is 11.8 Å². The predicted octanol–water partition coefficient (Wildman–Crippen LogP) is -0.597. The molecule has 9 heteroatoms. The molecule has 0 aromatic carbocycles. The van der Waals surface area contributed by atoms with Crippen LogP contribution in [-0.2, 0) is 9.59 Å². The van der Waals surface area contributed by atoms with E-state index in [9.17, 15) is 9.59 Å². The number of piperidine rings is 1. The second-order valence-electron chi connectivity index (χ2n) is 5.85. The lowest BCUT2D eigenvalue weighted by Crippen LogP contribution is -2.49. The third-order valence-electron chi connectivity index (χ3n) is 4.28. The maximum Gasteiger partial charge on any atom is 0.238 e. The molecule has 3 unspecified atom stereocenters. The number of carbonyl (C=O) groups excluding carboxylic acids is 2. The van der Waals surface area contributed by atoms with Crippen molar-refractivity contribution in [3.05, 3.63) is 24.5 Å². The van der Waals surface area contributed by atoms with Gasteiger partial charge in [-0.05, 0) is 25.1 Å². The van der Waals surface area contributed by atoms with E-state index in [2.05, 4.69) is 31.8 Å². The minimum Gasteiger partial charge on any atom is -0.354 e. The number of hydrazine groups is 1. The number of nitrogens with one attached hydrogen (secondary N) is 5. The Morgan fingerprint density at radius 2 is 2.04 bits per heavy atom. The summed E-state index contributed by atoms with van der Waals surface area (Å²) in [6.45, 7) is 2.11. The Labute approximate surface area is 146 Å². The maximum atomic E-state index is 12.3. The van der Waals surface area contributed by atoms with Crippen LogP contribution in [0.4, 0.5) is 5.69 Å². The van der Waals surface area contributed by atoms with Gasteiger partial charge in [-0.15, -0.1) is 12.4 Å². The third-order valence-corrected chi connectivity index (χ3v) is 4.28. The molecule has 0 aliphatic carbocycles. The molecule has 1 aromatic heterocycles. The van der Waals surface area contributed by atoms with E-state index in [0.717, 1.165) is 19.5 Å². The van der Waals surface area contributed by atoms with Gasteiger partial charge in [-0.2, -0.15) is 0 Å². The molecule has 3 atom stereocenters. The van der Waals surface area contributed by atoms with Crippen LogP contribution in [0.5, 0.6) is 0 Å². The van der Waals surface area contributed by atoms with Crippen molar-refractivity contribution in [2.24, 2.45) is 5.92 Å². The first kappa shape index (κ1) is 18.6. The highest BCUT2D eigenvalue weighted by atomic mass is 35.5. The summed E-state index contributed by atoms with van der Waals surface area (Å²) in [7, 11) is 0. The minimum absolute atomic E-state index is 0. The number of nitrogens with zero attached hydrogens (tertiary/aromatic N) is 1. The summed E-state index contributed by atoms with van der Waals surface area (Å²) in [4.78, 5) is 28.0. The van der Waals surface area contributed by atoms with Crippen molar-refractivity contribution in [3.8, 4) is 0 Å². The summed E-state index contributed by atoms with van der Waals surface area (Å²) < 4.78 is 0. The average Bonchev–Trinajstić information content (AvgIpc) is 3.00. The number of anilines is 1. The van der Waals surface area contributed by atoms with Gasteiger partial charge in [0.1, 0.15) is 6.04 Å². The minimum atomic E-state index is -0.254. The average molecular weight is 355 g/mol. The summed E-state index contributed by atoms with van der Waals surface area (Å²) in [5.41, 5.74) is 6.96. The van der Waals surface area contributed by atoms with Gasteiger partial charge < -0.3 is 16.0 Å². The van der Waals surface area contributed by atoms with Crippen LogP contribution in [0.1, 0.15) is 12.8 Å². The fraction of sp³-hybridized carbons (Fsp3) is 0.533. The van der Waals surface area contributed by atoms with Crippen molar-refractivity contribution < 1.29 is 9.59 Å². The Bertz CT molecular complexity index is 558. The molecule has 3 rings (SSSR count). The molecule has 2 aliphatic heterocycles. The SMILES string of the molecule is Cl.O=C(CCNC(=O)C1NNC2CCNCC21)Nc1ccncc1. The Hall–Kier alpha value is -1.74. The zero-order valence-corrected chi connectivity index (χ0v) is 14.1. The second-order valence-corrected chi connectivity index (χ2v) is 5.85. The number of hydrogen-bond donors (Lipinski definition) is 5. The molecule has 5 N–H and O–H groups in total. The molecule has 2 saturated heterocycles. The third kappa shape index (κ3) is 4.64. The lowest BCUT2D eigenvalue weighted by Gasteiger charge is -2.27. The number of hydrogen-bond acceptors (Lipinski definition) is 6. The molecular weight excluding hydrogens is 332 g/mol. The fourth-order valence-electron chi connectivity index (χ4n) is 3.04. The normalized spacial score (nSPS) is 25.2. The topological polar surface area (TPSA) is 107 Å². The van der Waals surface area contributed by atoms with Crippen LogP contribution >= 0.6 is 12.4 Å². The van der Waals surface area contributed by atoms with Gasteiger partial charge in [0.25, 0.3) is 0 Å². The van der Waals surface area contributed by atoms with Gasteiger partial charge in [-0.1, -0.05) is 0 Å². The van der Waals surface area contributed by atoms with E-state index < -0.39 is 0 Å². The van der Waals surface area contributed by atoms with Crippen LogP contribution < -0.4 is 26.8 Å². The Balaban J connectivity index is 0.00000208. The molecule has 8 nitrogen and oxygen atoms in total. The van der Waals surface area contributed by atoms with Crippen LogP contribution in [0.3, 0.4) is 0 Å². The summed E-state index contributed by atoms with van der Waals surface area (Å²) in [5.74, 6) is 0.0472. The lowest BCUT2D eigenvalue weighted by molar-refractivity contribution is -0.124. The Kier molecular flexibility index (Phi) is 6.92. The predicted molar refractivity (Wildman–Crippen MR) is 92.6 cm³/mol. The molecule has 0 saturated carbocycles. The van der Waals surface area contributed by atoms with Crippen molar-refractivity contribution in [2.45, 2.75) is 24.9 Å². The maximum absolute atomic E-state index is 12.3. The summed E-state index contributed by atoms with van der Waals surface area (Å²) >= 11 is 0. The van der Waals surface area contributed by atoms with Crippen LogP contribution in [0.25, 0.3) is 0 Å². The van der Waals surface area contributed by atoms with E-state index in [1.54, 1.807) is 24.5 Å². The summed E-state index contributed by atoms with van der Waals surface area (Å²) in [6.07, 6.45) is 4.48. The number of amides is 2. The highest BCUT2D eigenvalue weighted by Crippen LogP contribution is 2.19. The van der Waals surface area contributed by atoms with Gasteiger partial charge in [0.15, 0.2) is 0 Å². The highest BCUT2D eigenvalue weighted by Gasteiger charge is 2.40. The number of aromatic nitrogens is 1. The molecule has 24 heavy (non-hydrogen) atoms. The van der Waals surface area contributed by atoms with Gasteiger partial charge >= 0.3 is 0 Å². The van der Waals surface area contributed by atoms with Gasteiger partial charge in [0, 0.05) is 49.6 Å². The smallest absolute Gasteiger partial charge is 0.238 e. The second kappa shape index (κ2) is 8.93. The molecule has 0 spiro atoms. The number of carbonyl (C=O) groups is 2. The molecule has 132 valence electrons. The monoisotopic (exact) mass is 354 g/mol. The fourth-order valence-corrected chi connectivity index (χ4v) is 3.04. The van der Waals surface area contributed by atoms with E-state index in [1.807, 2.05) is 0 Å². The van der Waals surface area contributed by atoms with Crippen molar-refractivity contribution in [1.82, 2.24) is 26.5 Å². The van der Waals surface area contributed by atoms with Crippen molar-refractivity contribution in [2.75, 3.05) is 25.0 Å². The van der Waals surface area contributed by atoms with E-state index in [1.165, 1.54) is 0 Å². The molecule has 3 heterocycles. The van der Waals surface area contributed by atoms with Crippen molar-refractivity contribution in [1.29, 1.82) is 0 Å². The molecule has 2 aliphatic rings. The largest absolute Gasteiger partial charge is 0.354 e. The number of fused-ring (bicyclic) bond motifs is 1. The zero-order valence-electron chi connectivity index (χ0n) is 13.2. The first-order chi connectivity index (χ1) is 11.2. The Morgan fingerprint density at radius 3 is 2.83 bits per heavy atom. The quantitative estimate of drug-likeness (QED) is 0.483. The van der Waals surface area contributed by atoms with Crippen molar-refractivity contribution >= 4 is 29.9 Å². The van der Waals surface area contributed by atoms with Crippen LogP contribution in [0.2, 0.25) is 0 Å². The summed E-state index contributed by atoms with van der Waals surface area (Å²) in [6, 6.07) is 3.53.